The van der Waals surface area contributed by atoms with Gasteiger partial charge in [0, 0.05) is 18.6 Å². The summed E-state index contributed by atoms with van der Waals surface area (Å²) in [5.74, 6) is 0. The molecular formula is C18H29N2+. The van der Waals surface area contributed by atoms with Crippen LogP contribution in [-0.4, -0.2) is 49.7 Å². The predicted molar refractivity (Wildman–Crippen MR) is 84.6 cm³/mol. The Balaban J connectivity index is 1.87. The Morgan fingerprint density at radius 3 is 2.10 bits per heavy atom. The quantitative estimate of drug-likeness (QED) is 0.748. The predicted octanol–water partition coefficient (Wildman–Crippen LogP) is 3.24. The monoisotopic (exact) mass is 273 g/mol. The maximum absolute atomic E-state index is 2.81. The second kappa shape index (κ2) is 5.50. The third-order valence-corrected chi connectivity index (χ3v) is 5.55. The molecule has 110 valence electrons. The molecule has 0 radical (unpaired) electrons. The number of hydrogen-bond donors (Lipinski definition) is 0. The number of rotatable bonds is 2. The fourth-order valence-corrected chi connectivity index (χ4v) is 4.11. The van der Waals surface area contributed by atoms with Gasteiger partial charge >= 0.3 is 0 Å². The first-order valence-corrected chi connectivity index (χ1v) is 8.25. The third-order valence-electron chi connectivity index (χ3n) is 5.55. The molecule has 2 fully saturated rings. The van der Waals surface area contributed by atoms with E-state index in [4.69, 9.17) is 0 Å². The van der Waals surface area contributed by atoms with Gasteiger partial charge in [0.2, 0.25) is 0 Å². The summed E-state index contributed by atoms with van der Waals surface area (Å²) < 4.78 is 1.18. The van der Waals surface area contributed by atoms with Crippen LogP contribution in [0.2, 0.25) is 0 Å². The van der Waals surface area contributed by atoms with Crippen LogP contribution in [0.25, 0.3) is 0 Å². The Bertz CT molecular complexity index is 422. The Morgan fingerprint density at radius 1 is 0.900 bits per heavy atom. The van der Waals surface area contributed by atoms with Gasteiger partial charge in [0.05, 0.1) is 27.2 Å². The van der Waals surface area contributed by atoms with Crippen molar-refractivity contribution in [3.8, 4) is 0 Å². The lowest BCUT2D eigenvalue weighted by Crippen LogP contribution is -2.60. The van der Waals surface area contributed by atoms with E-state index in [2.05, 4.69) is 49.3 Å². The lowest BCUT2D eigenvalue weighted by atomic mass is 9.75. The molecule has 0 amide bonds. The van der Waals surface area contributed by atoms with Crippen LogP contribution in [0, 0.1) is 0 Å². The van der Waals surface area contributed by atoms with E-state index in [9.17, 15) is 0 Å². The summed E-state index contributed by atoms with van der Waals surface area (Å²) in [6, 6.07) is 11.3. The van der Waals surface area contributed by atoms with Gasteiger partial charge in [0.1, 0.15) is 0 Å². The fourth-order valence-electron chi connectivity index (χ4n) is 4.11. The second-order valence-corrected chi connectivity index (χ2v) is 7.33. The average Bonchev–Trinajstić information content (AvgIpc) is 2.49. The normalized spacial score (nSPS) is 26.3. The summed E-state index contributed by atoms with van der Waals surface area (Å²) in [7, 11) is 4.74. The van der Waals surface area contributed by atoms with Gasteiger partial charge in [-0.05, 0) is 18.4 Å². The van der Waals surface area contributed by atoms with Crippen molar-refractivity contribution < 1.29 is 4.48 Å². The minimum Gasteiger partial charge on any atom is -0.326 e. The molecule has 2 aliphatic rings. The van der Waals surface area contributed by atoms with E-state index >= 15 is 0 Å². The van der Waals surface area contributed by atoms with Crippen molar-refractivity contribution in [2.45, 2.75) is 37.6 Å². The number of piperazine rings is 1. The maximum atomic E-state index is 2.81. The highest BCUT2D eigenvalue weighted by molar-refractivity contribution is 5.25. The summed E-state index contributed by atoms with van der Waals surface area (Å²) in [5.41, 5.74) is 1.90. The standard InChI is InChI=1S/C18H29N2/c1-20(2)15-13-19(14-16-20)18(11-7-4-8-12-18)17-9-5-3-6-10-17/h3,5-6,9-10H,4,7-8,11-16H2,1-2H3/q+1. The molecule has 0 aromatic heterocycles. The third kappa shape index (κ3) is 2.64. The van der Waals surface area contributed by atoms with E-state index in [-0.39, 0.29) is 0 Å². The van der Waals surface area contributed by atoms with Crippen LogP contribution >= 0.6 is 0 Å². The Hall–Kier alpha value is -0.860. The van der Waals surface area contributed by atoms with Crippen molar-refractivity contribution in [2.24, 2.45) is 0 Å². The van der Waals surface area contributed by atoms with E-state index in [0.717, 1.165) is 0 Å². The first-order valence-electron chi connectivity index (χ1n) is 8.25. The minimum absolute atomic E-state index is 0.333. The molecule has 0 unspecified atom stereocenters. The molecule has 20 heavy (non-hydrogen) atoms. The molecule has 0 bridgehead atoms. The van der Waals surface area contributed by atoms with Gasteiger partial charge in [0.25, 0.3) is 0 Å². The van der Waals surface area contributed by atoms with Crippen LogP contribution in [0.15, 0.2) is 30.3 Å². The van der Waals surface area contributed by atoms with Crippen molar-refractivity contribution in [1.29, 1.82) is 0 Å². The molecule has 0 N–H and O–H groups in total. The molecule has 1 aromatic rings. The van der Waals surface area contributed by atoms with Crippen LogP contribution in [0.4, 0.5) is 0 Å². The maximum Gasteiger partial charge on any atom is 0.0912 e. The van der Waals surface area contributed by atoms with Gasteiger partial charge in [-0.3, -0.25) is 4.90 Å². The Labute approximate surface area is 124 Å². The highest BCUT2D eigenvalue weighted by Crippen LogP contribution is 2.42. The minimum atomic E-state index is 0.333. The molecule has 1 saturated heterocycles. The SMILES string of the molecule is C[N+]1(C)CCN(C2(c3ccccc3)CCCCC2)CC1. The van der Waals surface area contributed by atoms with Gasteiger partial charge in [-0.1, -0.05) is 49.6 Å². The largest absolute Gasteiger partial charge is 0.326 e. The van der Waals surface area contributed by atoms with Gasteiger partial charge in [0.15, 0.2) is 0 Å². The zero-order valence-electron chi connectivity index (χ0n) is 13.1. The van der Waals surface area contributed by atoms with E-state index < -0.39 is 0 Å². The molecule has 1 saturated carbocycles. The molecule has 1 aliphatic heterocycles. The van der Waals surface area contributed by atoms with Gasteiger partial charge < -0.3 is 4.48 Å². The molecule has 0 atom stereocenters. The van der Waals surface area contributed by atoms with E-state index in [1.54, 1.807) is 5.56 Å². The van der Waals surface area contributed by atoms with Gasteiger partial charge in [-0.2, -0.15) is 0 Å². The smallest absolute Gasteiger partial charge is 0.0912 e. The van der Waals surface area contributed by atoms with Crippen LogP contribution in [0.5, 0.6) is 0 Å². The van der Waals surface area contributed by atoms with E-state index in [1.165, 1.54) is 62.8 Å². The van der Waals surface area contributed by atoms with Crippen LogP contribution in [-0.2, 0) is 5.54 Å². The van der Waals surface area contributed by atoms with Crippen LogP contribution in [0.3, 0.4) is 0 Å². The summed E-state index contributed by atoms with van der Waals surface area (Å²) in [6.45, 7) is 5.08. The zero-order chi connectivity index (χ0) is 14.1. The number of hydrogen-bond acceptors (Lipinski definition) is 1. The second-order valence-electron chi connectivity index (χ2n) is 7.33. The Kier molecular flexibility index (Phi) is 3.87. The molecule has 0 spiro atoms. The molecule has 2 heteroatoms. The molecule has 3 rings (SSSR count). The topological polar surface area (TPSA) is 3.24 Å². The van der Waals surface area contributed by atoms with Crippen molar-refractivity contribution in [3.05, 3.63) is 35.9 Å². The first kappa shape index (κ1) is 14.1. The molecule has 1 heterocycles. The van der Waals surface area contributed by atoms with E-state index in [1.807, 2.05) is 0 Å². The number of benzene rings is 1. The average molecular weight is 273 g/mol. The number of quaternary nitrogens is 1. The highest BCUT2D eigenvalue weighted by Gasteiger charge is 2.42. The summed E-state index contributed by atoms with van der Waals surface area (Å²) in [6.07, 6.45) is 6.91. The van der Waals surface area contributed by atoms with Crippen molar-refractivity contribution in [3.63, 3.8) is 0 Å². The molecule has 1 aromatic carbocycles. The van der Waals surface area contributed by atoms with Crippen molar-refractivity contribution in [1.82, 2.24) is 4.90 Å². The van der Waals surface area contributed by atoms with Crippen LogP contribution in [0.1, 0.15) is 37.7 Å². The molecule has 2 nitrogen and oxygen atoms in total. The van der Waals surface area contributed by atoms with Crippen molar-refractivity contribution >= 4 is 0 Å². The summed E-state index contributed by atoms with van der Waals surface area (Å²) in [5, 5.41) is 0. The lowest BCUT2D eigenvalue weighted by Gasteiger charge is -2.51. The van der Waals surface area contributed by atoms with Gasteiger partial charge in [-0.15, -0.1) is 0 Å². The first-order chi connectivity index (χ1) is 9.62. The lowest BCUT2D eigenvalue weighted by molar-refractivity contribution is -0.895. The highest BCUT2D eigenvalue weighted by atomic mass is 15.4. The summed E-state index contributed by atoms with van der Waals surface area (Å²) in [4.78, 5) is 2.81. The zero-order valence-corrected chi connectivity index (χ0v) is 13.1. The number of nitrogens with zero attached hydrogens (tertiary/aromatic N) is 2. The van der Waals surface area contributed by atoms with E-state index in [0.29, 0.717) is 5.54 Å². The molecule has 1 aliphatic carbocycles. The molecular weight excluding hydrogens is 244 g/mol. The van der Waals surface area contributed by atoms with Crippen molar-refractivity contribution in [2.75, 3.05) is 40.3 Å². The summed E-state index contributed by atoms with van der Waals surface area (Å²) >= 11 is 0. The van der Waals surface area contributed by atoms with Gasteiger partial charge in [-0.25, -0.2) is 0 Å². The fraction of sp³-hybridized carbons (Fsp3) is 0.667. The Morgan fingerprint density at radius 2 is 1.50 bits per heavy atom. The number of likely N-dealkylation sites (N-methyl/N-ethyl adjacent to an activating group) is 1. The van der Waals surface area contributed by atoms with Crippen LogP contribution < -0.4 is 0 Å².